The first kappa shape index (κ1) is 10.6. The monoisotopic (exact) mass is 223 g/mol. The highest BCUT2D eigenvalue weighted by atomic mass is 35.5. The molecule has 0 radical (unpaired) electrons. The second kappa shape index (κ2) is 4.69. The number of nitrogens with one attached hydrogen (secondary N) is 1. The molecule has 1 unspecified atom stereocenters. The fraction of sp³-hybridized carbons (Fsp3) is 0.571. The summed E-state index contributed by atoms with van der Waals surface area (Å²) in [7, 11) is 0. The van der Waals surface area contributed by atoms with Crippen LogP contribution < -0.4 is 11.2 Å². The van der Waals surface area contributed by atoms with E-state index in [0.717, 1.165) is 6.42 Å². The molecule has 1 amide bonds. The minimum atomic E-state index is -0.768. The molecule has 0 aromatic carbocycles. The fourth-order valence-electron chi connectivity index (χ4n) is 0.952. The quantitative estimate of drug-likeness (QED) is 0.681. The van der Waals surface area contributed by atoms with Gasteiger partial charge in [0.2, 0.25) is 0 Å². The molecule has 6 heteroatoms. The highest BCUT2D eigenvalue weighted by molar-refractivity contribution is 6.43. The first-order valence-electron chi connectivity index (χ1n) is 3.93. The molecule has 0 spiro atoms. The summed E-state index contributed by atoms with van der Waals surface area (Å²) in [5, 5.41) is 1.16. The molecule has 0 aromatic rings. The minimum Gasteiger partial charge on any atom is -0.330 e. The molecule has 1 aliphatic rings. The number of hydrogen-bond donors (Lipinski definition) is 2. The van der Waals surface area contributed by atoms with E-state index in [-0.39, 0.29) is 5.91 Å². The molecular formula is C7H11Cl2N3O. The van der Waals surface area contributed by atoms with Crippen molar-refractivity contribution < 1.29 is 4.79 Å². The second-order valence-electron chi connectivity index (χ2n) is 2.69. The van der Waals surface area contributed by atoms with E-state index < -0.39 is 5.38 Å². The maximum absolute atomic E-state index is 11.1. The number of rotatable bonds is 3. The lowest BCUT2D eigenvalue weighted by molar-refractivity contribution is -0.124. The SMILES string of the molecule is NCCCN1C=C(Cl)C(Cl)C(=O)N1. The third-order valence-corrected chi connectivity index (χ3v) is 2.47. The number of amides is 1. The van der Waals surface area contributed by atoms with Gasteiger partial charge in [0.05, 0.1) is 5.03 Å². The summed E-state index contributed by atoms with van der Waals surface area (Å²) in [4.78, 5) is 11.1. The average Bonchev–Trinajstić information content (AvgIpc) is 2.10. The maximum atomic E-state index is 11.1. The van der Waals surface area contributed by atoms with Crippen molar-refractivity contribution in [2.75, 3.05) is 13.1 Å². The molecule has 0 aliphatic carbocycles. The number of nitrogens with two attached hydrogens (primary N) is 1. The molecule has 74 valence electrons. The van der Waals surface area contributed by atoms with Crippen LogP contribution in [0.2, 0.25) is 0 Å². The highest BCUT2D eigenvalue weighted by Crippen LogP contribution is 2.18. The van der Waals surface area contributed by atoms with Crippen molar-refractivity contribution in [1.82, 2.24) is 10.4 Å². The average molecular weight is 224 g/mol. The molecule has 1 aliphatic heterocycles. The topological polar surface area (TPSA) is 58.4 Å². The maximum Gasteiger partial charge on any atom is 0.262 e. The summed E-state index contributed by atoms with van der Waals surface area (Å²) in [5.41, 5.74) is 7.90. The van der Waals surface area contributed by atoms with Crippen LogP contribution in [0.15, 0.2) is 11.2 Å². The molecule has 0 fully saturated rings. The van der Waals surface area contributed by atoms with Crippen LogP contribution in [0.25, 0.3) is 0 Å². The largest absolute Gasteiger partial charge is 0.330 e. The molecule has 3 N–H and O–H groups in total. The third-order valence-electron chi connectivity index (χ3n) is 1.61. The number of alkyl halides is 1. The van der Waals surface area contributed by atoms with E-state index in [9.17, 15) is 4.79 Å². The summed E-state index contributed by atoms with van der Waals surface area (Å²) < 4.78 is 0. The first-order valence-corrected chi connectivity index (χ1v) is 4.75. The first-order chi connectivity index (χ1) is 6.15. The Morgan fingerprint density at radius 1 is 1.69 bits per heavy atom. The van der Waals surface area contributed by atoms with Gasteiger partial charge in [-0.15, -0.1) is 11.6 Å². The Morgan fingerprint density at radius 3 is 2.92 bits per heavy atom. The zero-order valence-corrected chi connectivity index (χ0v) is 8.48. The van der Waals surface area contributed by atoms with Crippen LogP contribution >= 0.6 is 23.2 Å². The molecule has 0 saturated carbocycles. The molecular weight excluding hydrogens is 213 g/mol. The summed E-state index contributed by atoms with van der Waals surface area (Å²) in [6.07, 6.45) is 2.39. The number of halogens is 2. The van der Waals surface area contributed by atoms with Crippen molar-refractivity contribution in [3.8, 4) is 0 Å². The molecule has 0 aromatic heterocycles. The predicted octanol–water partition coefficient (Wildman–Crippen LogP) is 0.370. The molecule has 0 saturated heterocycles. The molecule has 0 bridgehead atoms. The third kappa shape index (κ3) is 2.76. The Bertz CT molecular complexity index is 232. The number of hydrazine groups is 1. The van der Waals surface area contributed by atoms with Crippen molar-refractivity contribution in [1.29, 1.82) is 0 Å². The van der Waals surface area contributed by atoms with Gasteiger partial charge in [-0.25, -0.2) is 0 Å². The zero-order valence-electron chi connectivity index (χ0n) is 6.96. The van der Waals surface area contributed by atoms with Crippen molar-refractivity contribution in [3.63, 3.8) is 0 Å². The van der Waals surface area contributed by atoms with Gasteiger partial charge in [-0.05, 0) is 13.0 Å². The smallest absolute Gasteiger partial charge is 0.262 e. The highest BCUT2D eigenvalue weighted by Gasteiger charge is 2.25. The normalized spacial score (nSPS) is 22.7. The minimum absolute atomic E-state index is 0.300. The Balaban J connectivity index is 2.55. The van der Waals surface area contributed by atoms with E-state index in [0.29, 0.717) is 18.1 Å². The van der Waals surface area contributed by atoms with E-state index in [4.69, 9.17) is 28.9 Å². The summed E-state index contributed by atoms with van der Waals surface area (Å²) >= 11 is 11.4. The molecule has 1 atom stereocenters. The van der Waals surface area contributed by atoms with E-state index in [1.165, 1.54) is 0 Å². The van der Waals surface area contributed by atoms with Crippen LogP contribution in [-0.2, 0) is 4.79 Å². The van der Waals surface area contributed by atoms with Crippen LogP contribution in [0.4, 0.5) is 0 Å². The lowest BCUT2D eigenvalue weighted by Crippen LogP contribution is -2.47. The van der Waals surface area contributed by atoms with Crippen LogP contribution in [0.3, 0.4) is 0 Å². The molecule has 1 rings (SSSR count). The van der Waals surface area contributed by atoms with Crippen LogP contribution in [0, 0.1) is 0 Å². The van der Waals surface area contributed by atoms with Gasteiger partial charge in [0.1, 0.15) is 0 Å². The zero-order chi connectivity index (χ0) is 9.84. The predicted molar refractivity (Wildman–Crippen MR) is 52.1 cm³/mol. The van der Waals surface area contributed by atoms with Crippen LogP contribution in [-0.4, -0.2) is 29.4 Å². The summed E-state index contributed by atoms with van der Waals surface area (Å²) in [6, 6.07) is 0. The van der Waals surface area contributed by atoms with Gasteiger partial charge in [0.25, 0.3) is 5.91 Å². The fourth-order valence-corrected chi connectivity index (χ4v) is 1.27. The Kier molecular flexibility index (Phi) is 3.84. The second-order valence-corrected chi connectivity index (χ2v) is 3.56. The van der Waals surface area contributed by atoms with Crippen molar-refractivity contribution in [3.05, 3.63) is 11.2 Å². The Hall–Kier alpha value is -0.450. The van der Waals surface area contributed by atoms with Gasteiger partial charge in [0, 0.05) is 12.7 Å². The van der Waals surface area contributed by atoms with E-state index >= 15 is 0 Å². The number of hydrogen-bond acceptors (Lipinski definition) is 3. The Labute approximate surface area is 86.6 Å². The number of carbonyl (C=O) groups excluding carboxylic acids is 1. The number of carbonyl (C=O) groups is 1. The van der Waals surface area contributed by atoms with E-state index in [1.807, 2.05) is 0 Å². The van der Waals surface area contributed by atoms with Crippen LogP contribution in [0.5, 0.6) is 0 Å². The van der Waals surface area contributed by atoms with Crippen molar-refractivity contribution in [2.45, 2.75) is 11.8 Å². The summed E-state index contributed by atoms with van der Waals surface area (Å²) in [5.74, 6) is -0.300. The lowest BCUT2D eigenvalue weighted by atomic mass is 10.3. The Morgan fingerprint density at radius 2 is 2.38 bits per heavy atom. The molecule has 4 nitrogen and oxygen atoms in total. The van der Waals surface area contributed by atoms with E-state index in [1.54, 1.807) is 11.2 Å². The van der Waals surface area contributed by atoms with Gasteiger partial charge >= 0.3 is 0 Å². The lowest BCUT2D eigenvalue weighted by Gasteiger charge is -2.27. The van der Waals surface area contributed by atoms with Crippen molar-refractivity contribution in [2.24, 2.45) is 5.73 Å². The van der Waals surface area contributed by atoms with Gasteiger partial charge in [-0.1, -0.05) is 11.6 Å². The van der Waals surface area contributed by atoms with E-state index in [2.05, 4.69) is 5.43 Å². The molecule has 13 heavy (non-hydrogen) atoms. The molecule has 1 heterocycles. The van der Waals surface area contributed by atoms with Gasteiger partial charge in [-0.2, -0.15) is 0 Å². The van der Waals surface area contributed by atoms with Crippen LogP contribution in [0.1, 0.15) is 6.42 Å². The summed E-state index contributed by atoms with van der Waals surface area (Å²) in [6.45, 7) is 1.21. The van der Waals surface area contributed by atoms with Crippen molar-refractivity contribution >= 4 is 29.1 Å². The van der Waals surface area contributed by atoms with Gasteiger partial charge < -0.3 is 5.73 Å². The standard InChI is InChI=1S/C7H11Cl2N3O/c8-5-4-12(3-1-2-10)11-7(13)6(5)9/h4,6H,1-3,10H2,(H,11,13). The number of nitrogens with zero attached hydrogens (tertiary/aromatic N) is 1. The van der Waals surface area contributed by atoms with Gasteiger partial charge in [0.15, 0.2) is 5.38 Å². The van der Waals surface area contributed by atoms with Gasteiger partial charge in [-0.3, -0.25) is 15.2 Å².